The van der Waals surface area contributed by atoms with Gasteiger partial charge < -0.3 is 14.2 Å². The highest BCUT2D eigenvalue weighted by molar-refractivity contribution is 5.71. The molecule has 6 nitrogen and oxygen atoms in total. The third-order valence-corrected chi connectivity index (χ3v) is 11.4. The van der Waals surface area contributed by atoms with Crippen molar-refractivity contribution in [3.8, 4) is 0 Å². The van der Waals surface area contributed by atoms with Crippen LogP contribution in [0.1, 0.15) is 233 Å². The molecular formula is C62H100O6. The lowest BCUT2D eigenvalue weighted by atomic mass is 10.0. The second-order valence-corrected chi connectivity index (χ2v) is 17.9. The predicted molar refractivity (Wildman–Crippen MR) is 293 cm³/mol. The molecule has 1 unspecified atom stereocenters. The summed E-state index contributed by atoms with van der Waals surface area (Å²) in [6.07, 6.45) is 76.0. The first-order chi connectivity index (χ1) is 33.5. The van der Waals surface area contributed by atoms with Crippen molar-refractivity contribution in [1.82, 2.24) is 0 Å². The lowest BCUT2D eigenvalue weighted by Crippen LogP contribution is -2.30. The normalized spacial score (nSPS) is 13.0. The van der Waals surface area contributed by atoms with Gasteiger partial charge in [-0.1, -0.05) is 264 Å². The summed E-state index contributed by atoms with van der Waals surface area (Å²) >= 11 is 0. The summed E-state index contributed by atoms with van der Waals surface area (Å²) in [5.74, 6) is -0.951. The summed E-state index contributed by atoms with van der Waals surface area (Å²) in [6, 6.07) is 0. The maximum atomic E-state index is 12.8. The van der Waals surface area contributed by atoms with E-state index in [-0.39, 0.29) is 31.1 Å². The number of carbonyl (C=O) groups is 3. The fourth-order valence-corrected chi connectivity index (χ4v) is 7.32. The van der Waals surface area contributed by atoms with Crippen LogP contribution in [0, 0.1) is 0 Å². The monoisotopic (exact) mass is 941 g/mol. The van der Waals surface area contributed by atoms with Crippen molar-refractivity contribution in [1.29, 1.82) is 0 Å². The third kappa shape index (κ3) is 52.8. The van der Waals surface area contributed by atoms with E-state index in [0.29, 0.717) is 19.3 Å². The topological polar surface area (TPSA) is 78.9 Å². The molecule has 0 fully saturated rings. The first kappa shape index (κ1) is 63.8. The van der Waals surface area contributed by atoms with E-state index in [2.05, 4.69) is 69.4 Å². The molecule has 0 radical (unpaired) electrons. The van der Waals surface area contributed by atoms with E-state index in [1.807, 2.05) is 72.9 Å². The zero-order valence-corrected chi connectivity index (χ0v) is 43.8. The Labute approximate surface area is 418 Å². The van der Waals surface area contributed by atoms with Crippen molar-refractivity contribution in [2.75, 3.05) is 13.2 Å². The van der Waals surface area contributed by atoms with Gasteiger partial charge in [-0.2, -0.15) is 0 Å². The Balaban J connectivity index is 4.49. The van der Waals surface area contributed by atoms with Crippen LogP contribution in [0.25, 0.3) is 0 Å². The molecule has 0 aromatic heterocycles. The van der Waals surface area contributed by atoms with E-state index < -0.39 is 6.10 Å². The second-order valence-electron chi connectivity index (χ2n) is 17.9. The number of hydrogen-bond donors (Lipinski definition) is 0. The lowest BCUT2D eigenvalue weighted by molar-refractivity contribution is -0.167. The zero-order chi connectivity index (χ0) is 49.3. The van der Waals surface area contributed by atoms with Crippen molar-refractivity contribution in [3.05, 3.63) is 122 Å². The van der Waals surface area contributed by atoms with Gasteiger partial charge in [0.2, 0.25) is 0 Å². The third-order valence-electron chi connectivity index (χ3n) is 11.4. The Morgan fingerprint density at radius 2 is 0.647 bits per heavy atom. The summed E-state index contributed by atoms with van der Waals surface area (Å²) in [4.78, 5) is 38.1. The Morgan fingerprint density at radius 3 is 1.09 bits per heavy atom. The van der Waals surface area contributed by atoms with E-state index in [9.17, 15) is 14.4 Å². The van der Waals surface area contributed by atoms with Gasteiger partial charge in [-0.3, -0.25) is 14.4 Å². The van der Waals surface area contributed by atoms with E-state index in [1.165, 1.54) is 96.3 Å². The van der Waals surface area contributed by atoms with Crippen LogP contribution in [-0.2, 0) is 28.6 Å². The molecule has 0 saturated heterocycles. The van der Waals surface area contributed by atoms with E-state index >= 15 is 0 Å². The minimum atomic E-state index is -0.802. The number of rotatable bonds is 48. The van der Waals surface area contributed by atoms with Gasteiger partial charge in [0, 0.05) is 19.3 Å². The van der Waals surface area contributed by atoms with Crippen molar-refractivity contribution in [2.45, 2.75) is 239 Å². The summed E-state index contributed by atoms with van der Waals surface area (Å²) in [6.45, 7) is 6.33. The zero-order valence-electron chi connectivity index (χ0n) is 43.8. The molecular weight excluding hydrogens is 841 g/mol. The van der Waals surface area contributed by atoms with Crippen LogP contribution in [0.2, 0.25) is 0 Å². The molecule has 0 amide bonds. The Kier molecular flexibility index (Phi) is 52.0. The fourth-order valence-electron chi connectivity index (χ4n) is 7.32. The number of unbranched alkanes of at least 4 members (excludes halogenated alkanes) is 23. The number of ether oxygens (including phenoxy) is 3. The van der Waals surface area contributed by atoms with Gasteiger partial charge in [0.05, 0.1) is 0 Å². The highest BCUT2D eigenvalue weighted by Crippen LogP contribution is 2.15. The average Bonchev–Trinajstić information content (AvgIpc) is 3.34. The molecule has 0 bridgehead atoms. The van der Waals surface area contributed by atoms with Gasteiger partial charge in [-0.05, 0) is 70.6 Å². The van der Waals surface area contributed by atoms with Crippen LogP contribution in [-0.4, -0.2) is 37.2 Å². The number of esters is 3. The minimum absolute atomic E-state index is 0.0964. The fraction of sp³-hybridized carbons (Fsp3) is 0.629. The SMILES string of the molecule is CC\C=C/C=C\C=C/C=C\C=C\C=C/C=C\CCCCCC(=O)OCC(COC(=O)CCCCCCCCCCCCCC)OC(=O)CCCCCCCCCCC/C=C\C/C=C\C/C=C\CC. The van der Waals surface area contributed by atoms with Gasteiger partial charge >= 0.3 is 17.9 Å². The Morgan fingerprint density at radius 1 is 0.324 bits per heavy atom. The van der Waals surface area contributed by atoms with Gasteiger partial charge in [0.15, 0.2) is 6.10 Å². The van der Waals surface area contributed by atoms with Crippen molar-refractivity contribution < 1.29 is 28.6 Å². The maximum Gasteiger partial charge on any atom is 0.306 e. The Bertz CT molecular complexity index is 1450. The van der Waals surface area contributed by atoms with E-state index in [1.54, 1.807) is 0 Å². The van der Waals surface area contributed by atoms with Crippen molar-refractivity contribution in [2.24, 2.45) is 0 Å². The molecule has 384 valence electrons. The number of carbonyl (C=O) groups excluding carboxylic acids is 3. The molecule has 0 rings (SSSR count). The van der Waals surface area contributed by atoms with Gasteiger partial charge in [0.1, 0.15) is 13.2 Å². The predicted octanol–water partition coefficient (Wildman–Crippen LogP) is 18.5. The van der Waals surface area contributed by atoms with Crippen LogP contribution in [0.15, 0.2) is 122 Å². The highest BCUT2D eigenvalue weighted by atomic mass is 16.6. The second kappa shape index (κ2) is 55.4. The van der Waals surface area contributed by atoms with Gasteiger partial charge in [-0.15, -0.1) is 0 Å². The van der Waals surface area contributed by atoms with Crippen LogP contribution in [0.3, 0.4) is 0 Å². The molecule has 0 heterocycles. The van der Waals surface area contributed by atoms with Crippen molar-refractivity contribution in [3.63, 3.8) is 0 Å². The molecule has 6 heteroatoms. The van der Waals surface area contributed by atoms with Crippen LogP contribution >= 0.6 is 0 Å². The highest BCUT2D eigenvalue weighted by Gasteiger charge is 2.19. The smallest absolute Gasteiger partial charge is 0.306 e. The quantitative estimate of drug-likeness (QED) is 0.0199. The number of hydrogen-bond acceptors (Lipinski definition) is 6. The molecule has 0 spiro atoms. The lowest BCUT2D eigenvalue weighted by Gasteiger charge is -2.18. The van der Waals surface area contributed by atoms with Crippen molar-refractivity contribution >= 4 is 17.9 Å². The molecule has 0 saturated carbocycles. The first-order valence-electron chi connectivity index (χ1n) is 27.6. The van der Waals surface area contributed by atoms with E-state index in [0.717, 1.165) is 96.3 Å². The minimum Gasteiger partial charge on any atom is -0.462 e. The Hall–Kier alpha value is -4.19. The van der Waals surface area contributed by atoms with Gasteiger partial charge in [0.25, 0.3) is 0 Å². The van der Waals surface area contributed by atoms with Crippen LogP contribution < -0.4 is 0 Å². The average molecular weight is 941 g/mol. The summed E-state index contributed by atoms with van der Waals surface area (Å²) < 4.78 is 16.8. The summed E-state index contributed by atoms with van der Waals surface area (Å²) in [7, 11) is 0. The largest absolute Gasteiger partial charge is 0.462 e. The number of allylic oxidation sites excluding steroid dienone is 20. The standard InChI is InChI=1S/C62H100O6/c1-4-7-10-13-16-19-22-25-27-29-31-33-35-37-40-43-46-49-52-55-61(64)67-58-59(57-66-60(63)54-51-48-45-42-39-24-21-18-15-12-9-6-3)68-62(65)56-53-50-47-44-41-38-36-34-32-30-28-26-23-20-17-14-11-8-5-2/h7-8,10-11,13,16-17,19-20,22,25-29,31,33,35,37,40,59H,4-6,9,12,14-15,18,21,23-24,30,32,34,36,38-39,41-58H2,1-3H3/b10-7-,11-8-,16-13-,20-17-,22-19-,27-25-,28-26-,31-29+,35-33-,40-37-. The molecule has 1 atom stereocenters. The summed E-state index contributed by atoms with van der Waals surface area (Å²) in [5, 5.41) is 0. The molecule has 68 heavy (non-hydrogen) atoms. The van der Waals surface area contributed by atoms with E-state index in [4.69, 9.17) is 14.2 Å². The van der Waals surface area contributed by atoms with Crippen LogP contribution in [0.4, 0.5) is 0 Å². The maximum absolute atomic E-state index is 12.8. The molecule has 0 aliphatic heterocycles. The molecule has 0 aliphatic carbocycles. The first-order valence-corrected chi connectivity index (χ1v) is 27.6. The van der Waals surface area contributed by atoms with Gasteiger partial charge in [-0.25, -0.2) is 0 Å². The molecule has 0 aromatic rings. The summed E-state index contributed by atoms with van der Waals surface area (Å²) in [5.41, 5.74) is 0. The molecule has 0 N–H and O–H groups in total. The van der Waals surface area contributed by atoms with Crippen LogP contribution in [0.5, 0.6) is 0 Å². The molecule has 0 aliphatic rings. The molecule has 0 aromatic carbocycles.